The lowest BCUT2D eigenvalue weighted by atomic mass is 10.1. The Morgan fingerprint density at radius 3 is 2.70 bits per heavy atom. The highest BCUT2D eigenvalue weighted by atomic mass is 16.3. The van der Waals surface area contributed by atoms with Gasteiger partial charge in [-0.3, -0.25) is 4.40 Å². The number of benzene rings is 1. The van der Waals surface area contributed by atoms with Crippen LogP contribution in [0.1, 0.15) is 25.0 Å². The first-order valence-corrected chi connectivity index (χ1v) is 7.56. The molecule has 0 saturated heterocycles. The number of aliphatic hydroxyl groups is 1. The Balaban J connectivity index is 2.36. The number of para-hydroxylation sites is 2. The summed E-state index contributed by atoms with van der Waals surface area (Å²) in [4.78, 5) is 6.63. The normalized spacial score (nSPS) is 11.8. The van der Waals surface area contributed by atoms with E-state index in [9.17, 15) is 10.4 Å². The van der Waals surface area contributed by atoms with Crippen molar-refractivity contribution in [3.63, 3.8) is 0 Å². The summed E-state index contributed by atoms with van der Waals surface area (Å²) in [5.41, 5.74) is 3.11. The molecule has 5 nitrogen and oxygen atoms in total. The van der Waals surface area contributed by atoms with Gasteiger partial charge in [0, 0.05) is 13.6 Å². The largest absolute Gasteiger partial charge is 0.389 e. The predicted molar refractivity (Wildman–Crippen MR) is 91.7 cm³/mol. The van der Waals surface area contributed by atoms with Crippen LogP contribution in [0.3, 0.4) is 0 Å². The molecule has 5 heteroatoms. The molecule has 2 heterocycles. The summed E-state index contributed by atoms with van der Waals surface area (Å²) < 4.78 is 1.99. The Kier molecular flexibility index (Phi) is 3.50. The fourth-order valence-corrected chi connectivity index (χ4v) is 3.01. The van der Waals surface area contributed by atoms with E-state index in [-0.39, 0.29) is 0 Å². The van der Waals surface area contributed by atoms with Crippen LogP contribution in [0.15, 0.2) is 30.3 Å². The van der Waals surface area contributed by atoms with Gasteiger partial charge in [0.2, 0.25) is 0 Å². The number of imidazole rings is 1. The van der Waals surface area contributed by atoms with E-state index in [0.29, 0.717) is 17.8 Å². The lowest BCUT2D eigenvalue weighted by Crippen LogP contribution is -2.37. The number of nitriles is 1. The minimum absolute atomic E-state index is 0.472. The number of hydrogen-bond acceptors (Lipinski definition) is 4. The first-order chi connectivity index (χ1) is 10.8. The summed E-state index contributed by atoms with van der Waals surface area (Å²) >= 11 is 0. The van der Waals surface area contributed by atoms with Gasteiger partial charge in [0.25, 0.3) is 0 Å². The summed E-state index contributed by atoms with van der Waals surface area (Å²) in [5.74, 6) is 0.910. The topological polar surface area (TPSA) is 64.6 Å². The molecule has 0 aliphatic rings. The van der Waals surface area contributed by atoms with Crippen molar-refractivity contribution in [1.82, 2.24) is 9.38 Å². The van der Waals surface area contributed by atoms with E-state index in [1.54, 1.807) is 13.8 Å². The number of aryl methyl sites for hydroxylation is 1. The van der Waals surface area contributed by atoms with Gasteiger partial charge in [-0.25, -0.2) is 4.98 Å². The predicted octanol–water partition coefficient (Wildman–Crippen LogP) is 2.87. The van der Waals surface area contributed by atoms with Gasteiger partial charge in [0.15, 0.2) is 5.65 Å². The summed E-state index contributed by atoms with van der Waals surface area (Å²) in [5, 5.41) is 19.6. The fourth-order valence-electron chi connectivity index (χ4n) is 3.01. The van der Waals surface area contributed by atoms with E-state index < -0.39 is 5.60 Å². The van der Waals surface area contributed by atoms with Crippen molar-refractivity contribution in [3.05, 3.63) is 41.5 Å². The van der Waals surface area contributed by atoms with E-state index in [4.69, 9.17) is 0 Å². The number of anilines is 1. The number of aromatic nitrogens is 2. The molecule has 0 aliphatic carbocycles. The zero-order valence-electron chi connectivity index (χ0n) is 13.8. The molecule has 0 fully saturated rings. The monoisotopic (exact) mass is 308 g/mol. The third kappa shape index (κ3) is 2.62. The number of pyridine rings is 1. The van der Waals surface area contributed by atoms with Crippen molar-refractivity contribution in [1.29, 1.82) is 5.26 Å². The minimum Gasteiger partial charge on any atom is -0.389 e. The van der Waals surface area contributed by atoms with Gasteiger partial charge in [0.1, 0.15) is 11.9 Å². The third-order valence-corrected chi connectivity index (χ3v) is 3.88. The second kappa shape index (κ2) is 5.25. The molecule has 0 amide bonds. The maximum absolute atomic E-state index is 10.1. The molecule has 1 N–H and O–H groups in total. The smallest absolute Gasteiger partial charge is 0.157 e. The molecule has 0 bridgehead atoms. The average molecular weight is 308 g/mol. The van der Waals surface area contributed by atoms with E-state index in [2.05, 4.69) is 11.1 Å². The molecule has 0 aliphatic heterocycles. The van der Waals surface area contributed by atoms with Gasteiger partial charge >= 0.3 is 0 Å². The number of fused-ring (bicyclic) bond motifs is 3. The van der Waals surface area contributed by atoms with Gasteiger partial charge in [-0.05, 0) is 44.5 Å². The van der Waals surface area contributed by atoms with E-state index in [1.165, 1.54) is 0 Å². The highest BCUT2D eigenvalue weighted by molar-refractivity contribution is 5.85. The molecule has 1 aromatic carbocycles. The van der Waals surface area contributed by atoms with E-state index in [1.807, 2.05) is 53.6 Å². The zero-order valence-corrected chi connectivity index (χ0v) is 13.8. The second-order valence-electron chi connectivity index (χ2n) is 6.60. The maximum atomic E-state index is 10.1. The molecule has 23 heavy (non-hydrogen) atoms. The first kappa shape index (κ1) is 15.3. The van der Waals surface area contributed by atoms with Crippen LogP contribution in [0.4, 0.5) is 5.82 Å². The third-order valence-electron chi connectivity index (χ3n) is 3.88. The highest BCUT2D eigenvalue weighted by Crippen LogP contribution is 2.28. The summed E-state index contributed by atoms with van der Waals surface area (Å²) in [6.45, 7) is 5.95. The molecule has 3 aromatic rings. The van der Waals surface area contributed by atoms with Crippen LogP contribution in [0.25, 0.3) is 16.7 Å². The van der Waals surface area contributed by atoms with Crippen molar-refractivity contribution in [3.8, 4) is 6.07 Å². The lowest BCUT2D eigenvalue weighted by molar-refractivity contribution is 0.0884. The molecule has 0 saturated carbocycles. The Labute approximate surface area is 135 Å². The summed E-state index contributed by atoms with van der Waals surface area (Å²) in [7, 11) is 1.94. The van der Waals surface area contributed by atoms with Crippen molar-refractivity contribution in [2.75, 3.05) is 18.5 Å². The summed E-state index contributed by atoms with van der Waals surface area (Å²) in [6, 6.07) is 12.1. The molecular formula is C18H20N4O. The average Bonchev–Trinajstić information content (AvgIpc) is 2.83. The molecule has 0 atom stereocenters. The molecule has 118 valence electrons. The number of rotatable bonds is 3. The van der Waals surface area contributed by atoms with Crippen LogP contribution in [-0.4, -0.2) is 33.7 Å². The first-order valence-electron chi connectivity index (χ1n) is 7.56. The molecule has 0 radical (unpaired) electrons. The van der Waals surface area contributed by atoms with Gasteiger partial charge in [0.05, 0.1) is 22.2 Å². The Morgan fingerprint density at radius 1 is 1.35 bits per heavy atom. The van der Waals surface area contributed by atoms with Gasteiger partial charge in [-0.15, -0.1) is 0 Å². The van der Waals surface area contributed by atoms with Crippen LogP contribution in [0.2, 0.25) is 0 Å². The van der Waals surface area contributed by atoms with Crippen molar-refractivity contribution in [2.24, 2.45) is 0 Å². The molecular weight excluding hydrogens is 288 g/mol. The zero-order chi connectivity index (χ0) is 16.8. The van der Waals surface area contributed by atoms with Gasteiger partial charge in [-0.1, -0.05) is 12.1 Å². The number of nitrogens with zero attached hydrogens (tertiary/aromatic N) is 4. The number of likely N-dealkylation sites (N-methyl/N-ethyl adjacent to an activating group) is 1. The highest BCUT2D eigenvalue weighted by Gasteiger charge is 2.21. The molecule has 2 aromatic heterocycles. The lowest BCUT2D eigenvalue weighted by Gasteiger charge is -2.28. The van der Waals surface area contributed by atoms with Gasteiger partial charge in [-0.2, -0.15) is 5.26 Å². The quantitative estimate of drug-likeness (QED) is 0.808. The molecule has 3 rings (SSSR count). The molecule has 0 spiro atoms. The van der Waals surface area contributed by atoms with Crippen LogP contribution < -0.4 is 4.90 Å². The Bertz CT molecular complexity index is 928. The SMILES string of the molecule is Cc1cc(N(C)CC(C)(C)O)n2c(nc3ccccc32)c1C#N. The van der Waals surface area contributed by atoms with Crippen LogP contribution in [-0.2, 0) is 0 Å². The van der Waals surface area contributed by atoms with Crippen LogP contribution >= 0.6 is 0 Å². The van der Waals surface area contributed by atoms with Crippen LogP contribution in [0.5, 0.6) is 0 Å². The minimum atomic E-state index is -0.820. The van der Waals surface area contributed by atoms with Gasteiger partial charge < -0.3 is 10.0 Å². The summed E-state index contributed by atoms with van der Waals surface area (Å²) in [6.07, 6.45) is 0. The Morgan fingerprint density at radius 2 is 2.04 bits per heavy atom. The van der Waals surface area contributed by atoms with Crippen molar-refractivity contribution < 1.29 is 5.11 Å². The van der Waals surface area contributed by atoms with Crippen LogP contribution in [0, 0.1) is 18.3 Å². The van der Waals surface area contributed by atoms with E-state index in [0.717, 1.165) is 22.4 Å². The van der Waals surface area contributed by atoms with Crippen molar-refractivity contribution >= 4 is 22.5 Å². The standard InChI is InChI=1S/C18H20N4O/c1-12-9-16(21(4)11-18(2,3)23)22-15-8-6-5-7-14(15)20-17(22)13(12)10-19/h5-9,23H,11H2,1-4H3. The maximum Gasteiger partial charge on any atom is 0.157 e. The fraction of sp³-hybridized carbons (Fsp3) is 0.333. The second-order valence-corrected chi connectivity index (χ2v) is 6.60. The van der Waals surface area contributed by atoms with E-state index >= 15 is 0 Å². The number of hydrogen-bond donors (Lipinski definition) is 1. The van der Waals surface area contributed by atoms with Crippen molar-refractivity contribution in [2.45, 2.75) is 26.4 Å². The Hall–Kier alpha value is -2.58. The molecule has 0 unspecified atom stereocenters.